The number of rotatable bonds is 4. The summed E-state index contributed by atoms with van der Waals surface area (Å²) in [4.78, 5) is 11.3. The third-order valence-electron chi connectivity index (χ3n) is 1.98. The minimum absolute atomic E-state index is 0.0584. The largest absolute Gasteiger partial charge is 0.463 e. The Hall–Kier alpha value is -1.61. The van der Waals surface area contributed by atoms with Gasteiger partial charge < -0.3 is 9.84 Å². The number of hydrogen-bond donors (Lipinski definition) is 1. The summed E-state index contributed by atoms with van der Waals surface area (Å²) < 4.78 is 4.75. The highest BCUT2D eigenvalue weighted by Gasteiger charge is 2.18. The van der Waals surface area contributed by atoms with Crippen molar-refractivity contribution in [1.29, 1.82) is 0 Å². The van der Waals surface area contributed by atoms with Crippen LogP contribution in [0.3, 0.4) is 0 Å². The van der Waals surface area contributed by atoms with E-state index in [9.17, 15) is 9.90 Å². The zero-order valence-electron chi connectivity index (χ0n) is 8.64. The molecule has 0 aliphatic carbocycles. The van der Waals surface area contributed by atoms with E-state index in [-0.39, 0.29) is 12.2 Å². The zero-order valence-corrected chi connectivity index (χ0v) is 8.64. The van der Waals surface area contributed by atoms with E-state index in [1.165, 1.54) is 0 Å². The van der Waals surface area contributed by atoms with Gasteiger partial charge in [-0.05, 0) is 12.5 Å². The number of benzene rings is 1. The van der Waals surface area contributed by atoms with Crippen molar-refractivity contribution < 1.29 is 14.6 Å². The van der Waals surface area contributed by atoms with Gasteiger partial charge in [-0.25, -0.2) is 4.79 Å². The number of aliphatic hydroxyl groups is 1. The van der Waals surface area contributed by atoms with Gasteiger partial charge in [0, 0.05) is 0 Å². The molecule has 0 radical (unpaired) electrons. The highest BCUT2D eigenvalue weighted by molar-refractivity contribution is 5.89. The molecular weight excluding hydrogens is 192 g/mol. The summed E-state index contributed by atoms with van der Waals surface area (Å²) in [7, 11) is 0. The Morgan fingerprint density at radius 2 is 2.07 bits per heavy atom. The predicted octanol–water partition coefficient (Wildman–Crippen LogP) is 1.84. The van der Waals surface area contributed by atoms with E-state index >= 15 is 0 Å². The smallest absolute Gasteiger partial charge is 0.336 e. The summed E-state index contributed by atoms with van der Waals surface area (Å²) in [5, 5.41) is 9.79. The summed E-state index contributed by atoms with van der Waals surface area (Å²) in [5.41, 5.74) is 0.693. The van der Waals surface area contributed by atoms with Gasteiger partial charge in [0.1, 0.15) is 6.10 Å². The summed E-state index contributed by atoms with van der Waals surface area (Å²) in [6, 6.07) is 8.88. The first-order valence-corrected chi connectivity index (χ1v) is 4.75. The fourth-order valence-electron chi connectivity index (χ4n) is 1.17. The molecule has 0 heterocycles. The second-order valence-electron chi connectivity index (χ2n) is 3.06. The molecule has 15 heavy (non-hydrogen) atoms. The number of carbonyl (C=O) groups is 1. The van der Waals surface area contributed by atoms with Crippen molar-refractivity contribution in [1.82, 2.24) is 0 Å². The van der Waals surface area contributed by atoms with Crippen LogP contribution in [0.25, 0.3) is 0 Å². The molecule has 0 aliphatic rings. The Labute approximate surface area is 89.0 Å². The molecular formula is C12H14O3. The molecule has 0 saturated carbocycles. The van der Waals surface area contributed by atoms with Crippen molar-refractivity contribution in [3.8, 4) is 0 Å². The SMILES string of the molecule is C=C(C(=O)OCC)[C@@H](O)c1ccccc1. The molecule has 3 heteroatoms. The van der Waals surface area contributed by atoms with Crippen molar-refractivity contribution in [3.63, 3.8) is 0 Å². The molecule has 0 aliphatic heterocycles. The lowest BCUT2D eigenvalue weighted by molar-refractivity contribution is -0.139. The molecule has 1 atom stereocenters. The first-order chi connectivity index (χ1) is 7.16. The monoisotopic (exact) mass is 206 g/mol. The van der Waals surface area contributed by atoms with Gasteiger partial charge in [-0.1, -0.05) is 36.9 Å². The average molecular weight is 206 g/mol. The van der Waals surface area contributed by atoms with E-state index in [4.69, 9.17) is 4.74 Å². The van der Waals surface area contributed by atoms with Crippen LogP contribution < -0.4 is 0 Å². The lowest BCUT2D eigenvalue weighted by Gasteiger charge is -2.12. The van der Waals surface area contributed by atoms with Crippen molar-refractivity contribution in [2.75, 3.05) is 6.61 Å². The topological polar surface area (TPSA) is 46.5 Å². The second-order valence-corrected chi connectivity index (χ2v) is 3.06. The highest BCUT2D eigenvalue weighted by atomic mass is 16.5. The summed E-state index contributed by atoms with van der Waals surface area (Å²) in [6.45, 7) is 5.51. The number of hydrogen-bond acceptors (Lipinski definition) is 3. The Balaban J connectivity index is 2.73. The minimum atomic E-state index is -0.995. The minimum Gasteiger partial charge on any atom is -0.463 e. The molecule has 0 bridgehead atoms. The van der Waals surface area contributed by atoms with E-state index in [1.807, 2.05) is 6.07 Å². The molecule has 0 aromatic heterocycles. The van der Waals surface area contributed by atoms with Gasteiger partial charge in [-0.2, -0.15) is 0 Å². The van der Waals surface area contributed by atoms with Crippen LogP contribution in [-0.4, -0.2) is 17.7 Å². The molecule has 0 amide bonds. The van der Waals surface area contributed by atoms with Crippen LogP contribution in [0.4, 0.5) is 0 Å². The van der Waals surface area contributed by atoms with Gasteiger partial charge >= 0.3 is 5.97 Å². The second kappa shape index (κ2) is 5.32. The average Bonchev–Trinajstić information content (AvgIpc) is 2.28. The van der Waals surface area contributed by atoms with E-state index in [2.05, 4.69) is 6.58 Å². The Bertz CT molecular complexity index is 343. The molecule has 0 unspecified atom stereocenters. The third kappa shape index (κ3) is 2.92. The molecule has 1 rings (SSSR count). The molecule has 1 aromatic carbocycles. The number of esters is 1. The van der Waals surface area contributed by atoms with Crippen LogP contribution in [0.2, 0.25) is 0 Å². The quantitative estimate of drug-likeness (QED) is 0.604. The summed E-state index contributed by atoms with van der Waals surface area (Å²) in [6.07, 6.45) is -0.995. The maximum atomic E-state index is 11.3. The van der Waals surface area contributed by atoms with Gasteiger partial charge in [0.25, 0.3) is 0 Å². The van der Waals surface area contributed by atoms with Gasteiger partial charge in [0.15, 0.2) is 0 Å². The molecule has 0 fully saturated rings. The van der Waals surface area contributed by atoms with E-state index in [1.54, 1.807) is 31.2 Å². The predicted molar refractivity (Wildman–Crippen MR) is 57.2 cm³/mol. The normalized spacial score (nSPS) is 11.9. The molecule has 80 valence electrons. The van der Waals surface area contributed by atoms with Crippen LogP contribution >= 0.6 is 0 Å². The van der Waals surface area contributed by atoms with E-state index < -0.39 is 12.1 Å². The Kier molecular flexibility index (Phi) is 4.06. The lowest BCUT2D eigenvalue weighted by atomic mass is 10.0. The number of carbonyl (C=O) groups excluding carboxylic acids is 1. The fourth-order valence-corrected chi connectivity index (χ4v) is 1.17. The first-order valence-electron chi connectivity index (χ1n) is 4.75. The van der Waals surface area contributed by atoms with Crippen LogP contribution in [0.15, 0.2) is 42.5 Å². The van der Waals surface area contributed by atoms with Crippen LogP contribution in [-0.2, 0) is 9.53 Å². The standard InChI is InChI=1S/C12H14O3/c1-3-15-12(14)9(2)11(13)10-7-5-4-6-8-10/h4-8,11,13H,2-3H2,1H3/t11-/m1/s1. The molecule has 3 nitrogen and oxygen atoms in total. The Morgan fingerprint density at radius 3 is 2.60 bits per heavy atom. The number of ether oxygens (including phenoxy) is 1. The summed E-state index contributed by atoms with van der Waals surface area (Å²) in [5.74, 6) is -0.561. The molecule has 1 aromatic rings. The van der Waals surface area contributed by atoms with Gasteiger partial charge in [0.05, 0.1) is 12.2 Å². The van der Waals surface area contributed by atoms with Crippen molar-refractivity contribution >= 4 is 5.97 Å². The third-order valence-corrected chi connectivity index (χ3v) is 1.98. The van der Waals surface area contributed by atoms with Crippen LogP contribution in [0.1, 0.15) is 18.6 Å². The molecule has 0 spiro atoms. The van der Waals surface area contributed by atoms with E-state index in [0.717, 1.165) is 0 Å². The summed E-state index contributed by atoms with van der Waals surface area (Å²) >= 11 is 0. The van der Waals surface area contributed by atoms with Crippen molar-refractivity contribution in [2.45, 2.75) is 13.0 Å². The zero-order chi connectivity index (χ0) is 11.3. The van der Waals surface area contributed by atoms with E-state index in [0.29, 0.717) is 5.56 Å². The fraction of sp³-hybridized carbons (Fsp3) is 0.250. The lowest BCUT2D eigenvalue weighted by Crippen LogP contribution is -2.13. The highest BCUT2D eigenvalue weighted by Crippen LogP contribution is 2.20. The van der Waals surface area contributed by atoms with Gasteiger partial charge in [-0.3, -0.25) is 0 Å². The first kappa shape index (κ1) is 11.5. The van der Waals surface area contributed by atoms with Crippen LogP contribution in [0.5, 0.6) is 0 Å². The number of aliphatic hydroxyl groups excluding tert-OH is 1. The molecule has 1 N–H and O–H groups in total. The van der Waals surface area contributed by atoms with Gasteiger partial charge in [0.2, 0.25) is 0 Å². The van der Waals surface area contributed by atoms with Gasteiger partial charge in [-0.15, -0.1) is 0 Å². The maximum Gasteiger partial charge on any atom is 0.336 e. The molecule has 0 saturated heterocycles. The van der Waals surface area contributed by atoms with Crippen LogP contribution in [0, 0.1) is 0 Å². The van der Waals surface area contributed by atoms with Crippen molar-refractivity contribution in [3.05, 3.63) is 48.0 Å². The maximum absolute atomic E-state index is 11.3. The van der Waals surface area contributed by atoms with Crippen molar-refractivity contribution in [2.24, 2.45) is 0 Å². The Morgan fingerprint density at radius 1 is 1.47 bits per heavy atom.